The van der Waals surface area contributed by atoms with Gasteiger partial charge in [-0.15, -0.1) is 11.3 Å². The molecule has 4 aromatic rings. The molecule has 0 fully saturated rings. The van der Waals surface area contributed by atoms with Crippen molar-refractivity contribution in [3.63, 3.8) is 0 Å². The van der Waals surface area contributed by atoms with E-state index < -0.39 is 0 Å². The summed E-state index contributed by atoms with van der Waals surface area (Å²) in [6.07, 6.45) is 1.91. The van der Waals surface area contributed by atoms with Gasteiger partial charge in [0.05, 0.1) is 9.90 Å². The molecule has 1 N–H and O–H groups in total. The van der Waals surface area contributed by atoms with Crippen LogP contribution in [0.25, 0.3) is 16.2 Å². The first kappa shape index (κ1) is 15.2. The monoisotopic (exact) mass is 353 g/mol. The van der Waals surface area contributed by atoms with Crippen LogP contribution in [0.5, 0.6) is 0 Å². The van der Waals surface area contributed by atoms with Crippen LogP contribution in [0.15, 0.2) is 60.1 Å². The fourth-order valence-electron chi connectivity index (χ4n) is 2.74. The Kier molecular flexibility index (Phi) is 4.00. The molecule has 120 valence electrons. The number of pyridine rings is 1. The van der Waals surface area contributed by atoms with E-state index in [-0.39, 0.29) is 0 Å². The summed E-state index contributed by atoms with van der Waals surface area (Å²) in [6, 6.07) is 16.3. The third kappa shape index (κ3) is 2.79. The van der Waals surface area contributed by atoms with Gasteiger partial charge in [0.1, 0.15) is 17.2 Å². The van der Waals surface area contributed by atoms with Gasteiger partial charge in [-0.2, -0.15) is 0 Å². The summed E-state index contributed by atoms with van der Waals surface area (Å²) >= 11 is 7.91. The zero-order valence-electron chi connectivity index (χ0n) is 13.2. The molecule has 3 heterocycles. The number of thiophene rings is 1. The lowest BCUT2D eigenvalue weighted by atomic mass is 10.2. The molecule has 0 spiro atoms. The van der Waals surface area contributed by atoms with Crippen LogP contribution in [-0.2, 0) is 6.54 Å². The number of aromatic nitrogens is 2. The van der Waals surface area contributed by atoms with E-state index in [1.165, 1.54) is 16.0 Å². The summed E-state index contributed by atoms with van der Waals surface area (Å²) in [5.74, 6) is 0.974. The zero-order chi connectivity index (χ0) is 16.5. The molecule has 24 heavy (non-hydrogen) atoms. The molecule has 0 amide bonds. The second-order valence-corrected chi connectivity index (χ2v) is 7.01. The van der Waals surface area contributed by atoms with Crippen LogP contribution in [0.4, 0.5) is 5.82 Å². The van der Waals surface area contributed by atoms with Crippen molar-refractivity contribution in [2.45, 2.75) is 13.5 Å². The lowest BCUT2D eigenvalue weighted by Gasteiger charge is -2.09. The molecule has 4 rings (SSSR count). The second kappa shape index (κ2) is 6.30. The average Bonchev–Trinajstić information content (AvgIpc) is 3.17. The van der Waals surface area contributed by atoms with Crippen LogP contribution < -0.4 is 5.32 Å². The maximum absolute atomic E-state index is 6.20. The van der Waals surface area contributed by atoms with Gasteiger partial charge < -0.3 is 5.32 Å². The Hall–Kier alpha value is -2.30. The number of halogens is 1. The van der Waals surface area contributed by atoms with E-state index >= 15 is 0 Å². The normalized spacial score (nSPS) is 11.1. The molecule has 0 aliphatic rings. The molecule has 0 saturated heterocycles. The maximum atomic E-state index is 6.20. The molecule has 3 nitrogen and oxygen atoms in total. The van der Waals surface area contributed by atoms with Gasteiger partial charge in [0.15, 0.2) is 0 Å². The van der Waals surface area contributed by atoms with E-state index in [9.17, 15) is 0 Å². The number of rotatable bonds is 4. The Morgan fingerprint density at radius 1 is 1.12 bits per heavy atom. The van der Waals surface area contributed by atoms with Crippen LogP contribution in [0, 0.1) is 6.92 Å². The molecule has 0 radical (unpaired) electrons. The highest BCUT2D eigenvalue weighted by molar-refractivity contribution is 7.13. The van der Waals surface area contributed by atoms with Gasteiger partial charge in [-0.25, -0.2) is 4.98 Å². The number of benzene rings is 1. The minimum absolute atomic E-state index is 0.692. The highest BCUT2D eigenvalue weighted by Gasteiger charge is 2.17. The van der Waals surface area contributed by atoms with Crippen molar-refractivity contribution >= 4 is 34.4 Å². The Morgan fingerprint density at radius 3 is 2.71 bits per heavy atom. The standard InChI is InChI=1S/C19H16ClN3S/c1-13-9-10-24-18(13)17-19(21-11-14-5-3-2-4-6-14)23-12-15(20)7-8-16(23)22-17/h2-10,12,21H,11H2,1H3. The van der Waals surface area contributed by atoms with Crippen molar-refractivity contribution in [3.8, 4) is 10.6 Å². The number of nitrogens with zero attached hydrogens (tertiary/aromatic N) is 2. The second-order valence-electron chi connectivity index (χ2n) is 5.66. The van der Waals surface area contributed by atoms with Gasteiger partial charge in [0.2, 0.25) is 0 Å². The third-order valence-corrected chi connectivity index (χ3v) is 5.21. The van der Waals surface area contributed by atoms with Crippen LogP contribution in [0.3, 0.4) is 0 Å². The number of nitrogens with one attached hydrogen (secondary N) is 1. The topological polar surface area (TPSA) is 29.3 Å². The molecule has 0 aliphatic heterocycles. The minimum atomic E-state index is 0.692. The molecular weight excluding hydrogens is 338 g/mol. The van der Waals surface area contributed by atoms with Gasteiger partial charge in [-0.05, 0) is 41.6 Å². The zero-order valence-corrected chi connectivity index (χ0v) is 14.7. The highest BCUT2D eigenvalue weighted by Crippen LogP contribution is 2.35. The fourth-order valence-corrected chi connectivity index (χ4v) is 3.82. The van der Waals surface area contributed by atoms with Crippen molar-refractivity contribution in [3.05, 3.63) is 76.3 Å². The van der Waals surface area contributed by atoms with Crippen LogP contribution in [-0.4, -0.2) is 9.38 Å². The Bertz CT molecular complexity index is 988. The lowest BCUT2D eigenvalue weighted by molar-refractivity contribution is 1.08. The molecule has 1 aromatic carbocycles. The number of anilines is 1. The summed E-state index contributed by atoms with van der Waals surface area (Å²) in [5.41, 5.74) is 4.32. The predicted octanol–water partition coefficient (Wildman–Crippen LogP) is 5.64. The lowest BCUT2D eigenvalue weighted by Crippen LogP contribution is -2.03. The Labute approximate surface area is 149 Å². The number of hydrogen-bond donors (Lipinski definition) is 1. The number of fused-ring (bicyclic) bond motifs is 1. The van der Waals surface area contributed by atoms with E-state index in [1.54, 1.807) is 11.3 Å². The van der Waals surface area contributed by atoms with Crippen molar-refractivity contribution < 1.29 is 0 Å². The van der Waals surface area contributed by atoms with E-state index in [4.69, 9.17) is 16.6 Å². The molecule has 0 aliphatic carbocycles. The van der Waals surface area contributed by atoms with E-state index in [0.29, 0.717) is 5.02 Å². The minimum Gasteiger partial charge on any atom is -0.365 e. The molecule has 5 heteroatoms. The summed E-state index contributed by atoms with van der Waals surface area (Å²) in [7, 11) is 0. The van der Waals surface area contributed by atoms with Gasteiger partial charge in [0.25, 0.3) is 0 Å². The van der Waals surface area contributed by atoms with Crippen molar-refractivity contribution in [1.29, 1.82) is 0 Å². The quantitative estimate of drug-likeness (QED) is 0.514. The van der Waals surface area contributed by atoms with E-state index in [1.807, 2.05) is 40.9 Å². The molecule has 3 aromatic heterocycles. The fraction of sp³-hybridized carbons (Fsp3) is 0.105. The smallest absolute Gasteiger partial charge is 0.140 e. The van der Waals surface area contributed by atoms with Crippen molar-refractivity contribution in [2.24, 2.45) is 0 Å². The highest BCUT2D eigenvalue weighted by atomic mass is 35.5. The summed E-state index contributed by atoms with van der Waals surface area (Å²) in [5, 5.41) is 6.34. The van der Waals surface area contributed by atoms with Crippen LogP contribution in [0.1, 0.15) is 11.1 Å². The van der Waals surface area contributed by atoms with Gasteiger partial charge in [-0.3, -0.25) is 4.40 Å². The van der Waals surface area contributed by atoms with Crippen LogP contribution in [0.2, 0.25) is 5.02 Å². The molecular formula is C19H16ClN3S. The summed E-state index contributed by atoms with van der Waals surface area (Å²) in [4.78, 5) is 6.01. The number of aryl methyl sites for hydroxylation is 1. The first-order valence-corrected chi connectivity index (χ1v) is 8.98. The summed E-state index contributed by atoms with van der Waals surface area (Å²) < 4.78 is 2.03. The van der Waals surface area contributed by atoms with Crippen LogP contribution >= 0.6 is 22.9 Å². The molecule has 0 saturated carbocycles. The Balaban J connectivity index is 1.81. The Morgan fingerprint density at radius 2 is 1.96 bits per heavy atom. The van der Waals surface area contributed by atoms with Crippen molar-refractivity contribution in [1.82, 2.24) is 9.38 Å². The van der Waals surface area contributed by atoms with E-state index in [0.717, 1.165) is 23.7 Å². The van der Waals surface area contributed by atoms with Gasteiger partial charge in [0, 0.05) is 12.7 Å². The summed E-state index contributed by atoms with van der Waals surface area (Å²) in [6.45, 7) is 2.85. The molecule has 0 unspecified atom stereocenters. The molecule has 0 atom stereocenters. The van der Waals surface area contributed by atoms with Gasteiger partial charge in [-0.1, -0.05) is 41.9 Å². The number of imidazole rings is 1. The maximum Gasteiger partial charge on any atom is 0.140 e. The first-order chi connectivity index (χ1) is 11.7. The SMILES string of the molecule is Cc1ccsc1-c1nc2ccc(Cl)cn2c1NCc1ccccc1. The van der Waals surface area contributed by atoms with Gasteiger partial charge >= 0.3 is 0 Å². The van der Waals surface area contributed by atoms with E-state index in [2.05, 4.69) is 35.8 Å². The predicted molar refractivity (Wildman–Crippen MR) is 102 cm³/mol. The number of hydrogen-bond acceptors (Lipinski definition) is 3. The average molecular weight is 354 g/mol. The largest absolute Gasteiger partial charge is 0.365 e. The van der Waals surface area contributed by atoms with Crippen molar-refractivity contribution in [2.75, 3.05) is 5.32 Å². The third-order valence-electron chi connectivity index (χ3n) is 3.96. The first-order valence-electron chi connectivity index (χ1n) is 7.72. The molecule has 0 bridgehead atoms.